The van der Waals surface area contributed by atoms with E-state index in [1.807, 2.05) is 30.0 Å². The number of hydrogen-bond donors (Lipinski definition) is 1. The summed E-state index contributed by atoms with van der Waals surface area (Å²) >= 11 is 12.6. The Morgan fingerprint density at radius 1 is 1.13 bits per heavy atom. The maximum Gasteiger partial charge on any atom is 0.166 e. The predicted octanol–water partition coefficient (Wildman–Crippen LogP) is 5.76. The van der Waals surface area contributed by atoms with Crippen molar-refractivity contribution in [2.45, 2.75) is 20.0 Å². The van der Waals surface area contributed by atoms with Crippen LogP contribution in [0.15, 0.2) is 42.9 Å². The smallest absolute Gasteiger partial charge is 0.166 e. The van der Waals surface area contributed by atoms with Gasteiger partial charge in [0.05, 0.1) is 28.8 Å². The van der Waals surface area contributed by atoms with Crippen molar-refractivity contribution in [3.8, 4) is 17.0 Å². The van der Waals surface area contributed by atoms with Gasteiger partial charge in [0.15, 0.2) is 11.6 Å². The molecule has 6 rings (SSSR count). The van der Waals surface area contributed by atoms with Crippen LogP contribution in [0.5, 0.6) is 5.75 Å². The Morgan fingerprint density at radius 3 is 2.59 bits per heavy atom. The van der Waals surface area contributed by atoms with Gasteiger partial charge in [0.2, 0.25) is 0 Å². The van der Waals surface area contributed by atoms with Gasteiger partial charge in [0, 0.05) is 73.2 Å². The molecule has 0 bridgehead atoms. The molecule has 2 aliphatic heterocycles. The number of nitrogens with one attached hydrogen (secondary N) is 1. The summed E-state index contributed by atoms with van der Waals surface area (Å²) in [6, 6.07) is 7.08. The molecule has 0 spiro atoms. The minimum Gasteiger partial charge on any atom is -0.486 e. The van der Waals surface area contributed by atoms with E-state index >= 15 is 4.39 Å². The molecule has 0 aliphatic carbocycles. The molecule has 0 saturated carbocycles. The molecule has 204 valence electrons. The minimum absolute atomic E-state index is 0.112. The van der Waals surface area contributed by atoms with Gasteiger partial charge in [-0.2, -0.15) is 5.10 Å². The zero-order chi connectivity index (χ0) is 27.1. The summed E-state index contributed by atoms with van der Waals surface area (Å²) in [4.78, 5) is 12.9. The molecule has 39 heavy (non-hydrogen) atoms. The Hall–Kier alpha value is -2.98. The lowest BCUT2D eigenvalue weighted by Crippen LogP contribution is -2.60. The molecule has 0 unspecified atom stereocenters. The van der Waals surface area contributed by atoms with Gasteiger partial charge in [0.25, 0.3) is 0 Å². The molecule has 2 saturated heterocycles. The molecule has 1 aromatic carbocycles. The average molecular weight is 571 g/mol. The number of anilines is 1. The van der Waals surface area contributed by atoms with Gasteiger partial charge in [-0.3, -0.25) is 15.0 Å². The Bertz CT molecular complexity index is 1480. The van der Waals surface area contributed by atoms with E-state index in [9.17, 15) is 0 Å². The average Bonchev–Trinajstić information content (AvgIpc) is 3.31. The molecule has 8 nitrogen and oxygen atoms in total. The van der Waals surface area contributed by atoms with Crippen molar-refractivity contribution in [1.82, 2.24) is 25.1 Å². The lowest BCUT2D eigenvalue weighted by atomic mass is 9.81. The SMILES string of the molecule is C[C@@H](Oc1ccc2[nH]nc(-c3cnc(N4CC(C)(CN5CCOCC5)C4)c(F)c3)c2c1)c1c(Cl)cncc1Cl. The zero-order valence-corrected chi connectivity index (χ0v) is 23.3. The number of ether oxygens (including phenoxy) is 2. The molecular formula is C28H29Cl2FN6O2. The zero-order valence-electron chi connectivity index (χ0n) is 21.8. The first-order valence-electron chi connectivity index (χ1n) is 12.9. The highest BCUT2D eigenvalue weighted by Crippen LogP contribution is 2.38. The molecule has 2 aliphatic rings. The number of benzene rings is 1. The van der Waals surface area contributed by atoms with Gasteiger partial charge in [-0.25, -0.2) is 9.37 Å². The lowest BCUT2D eigenvalue weighted by molar-refractivity contribution is 0.0132. The maximum atomic E-state index is 15.3. The molecule has 0 radical (unpaired) electrons. The molecule has 2 fully saturated rings. The van der Waals surface area contributed by atoms with Gasteiger partial charge in [0.1, 0.15) is 17.5 Å². The van der Waals surface area contributed by atoms with E-state index in [-0.39, 0.29) is 11.2 Å². The highest BCUT2D eigenvalue weighted by atomic mass is 35.5. The third kappa shape index (κ3) is 5.28. The summed E-state index contributed by atoms with van der Waals surface area (Å²) in [5.74, 6) is 0.619. The maximum absolute atomic E-state index is 15.3. The Morgan fingerprint density at radius 2 is 1.87 bits per heavy atom. The van der Waals surface area contributed by atoms with Crippen LogP contribution >= 0.6 is 23.2 Å². The molecule has 4 aromatic rings. The van der Waals surface area contributed by atoms with E-state index in [1.165, 1.54) is 18.5 Å². The van der Waals surface area contributed by atoms with E-state index in [0.717, 1.165) is 56.8 Å². The predicted molar refractivity (Wildman–Crippen MR) is 150 cm³/mol. The molecule has 5 heterocycles. The third-order valence-electron chi connectivity index (χ3n) is 7.39. The van der Waals surface area contributed by atoms with Crippen LogP contribution in [0.2, 0.25) is 10.0 Å². The number of rotatable bonds is 7. The van der Waals surface area contributed by atoms with E-state index in [0.29, 0.717) is 38.4 Å². The first-order chi connectivity index (χ1) is 18.8. The molecule has 11 heteroatoms. The summed E-state index contributed by atoms with van der Waals surface area (Å²) in [6.07, 6.45) is 4.34. The van der Waals surface area contributed by atoms with Gasteiger partial charge in [-0.15, -0.1) is 0 Å². The number of aromatic amines is 1. The first-order valence-corrected chi connectivity index (χ1v) is 13.7. The van der Waals surface area contributed by atoms with Gasteiger partial charge in [-0.05, 0) is 31.2 Å². The van der Waals surface area contributed by atoms with Crippen molar-refractivity contribution in [2.75, 3.05) is 50.8 Å². The Kier molecular flexibility index (Phi) is 7.09. The van der Waals surface area contributed by atoms with E-state index < -0.39 is 6.10 Å². The van der Waals surface area contributed by atoms with Crippen LogP contribution in [0.1, 0.15) is 25.5 Å². The van der Waals surface area contributed by atoms with E-state index in [2.05, 4.69) is 32.0 Å². The highest BCUT2D eigenvalue weighted by Gasteiger charge is 2.41. The topological polar surface area (TPSA) is 79.4 Å². The fraction of sp³-hybridized carbons (Fsp3) is 0.393. The fourth-order valence-electron chi connectivity index (χ4n) is 5.58. The molecule has 3 aromatic heterocycles. The van der Waals surface area contributed by atoms with Gasteiger partial charge < -0.3 is 14.4 Å². The minimum atomic E-state index is -0.412. The molecular weight excluding hydrogens is 542 g/mol. The fourth-order valence-corrected chi connectivity index (χ4v) is 6.25. The number of morpholine rings is 1. The number of pyridine rings is 2. The summed E-state index contributed by atoms with van der Waals surface area (Å²) in [6.45, 7) is 10.1. The van der Waals surface area contributed by atoms with Crippen molar-refractivity contribution >= 4 is 39.9 Å². The van der Waals surface area contributed by atoms with Crippen LogP contribution in [0.25, 0.3) is 22.2 Å². The Balaban J connectivity index is 1.19. The second-order valence-electron chi connectivity index (χ2n) is 10.6. The van der Waals surface area contributed by atoms with Crippen LogP contribution in [-0.4, -0.2) is 71.0 Å². The summed E-state index contributed by atoms with van der Waals surface area (Å²) in [5, 5.41) is 9.12. The van der Waals surface area contributed by atoms with Gasteiger partial charge >= 0.3 is 0 Å². The van der Waals surface area contributed by atoms with Crippen LogP contribution in [0.4, 0.5) is 10.2 Å². The Labute approximate surface area is 236 Å². The quantitative estimate of drug-likeness (QED) is 0.302. The number of hydrogen-bond acceptors (Lipinski definition) is 7. The van der Waals surface area contributed by atoms with Crippen molar-refractivity contribution in [1.29, 1.82) is 0 Å². The highest BCUT2D eigenvalue weighted by molar-refractivity contribution is 6.35. The third-order valence-corrected chi connectivity index (χ3v) is 8.00. The second kappa shape index (κ2) is 10.5. The van der Waals surface area contributed by atoms with Crippen LogP contribution < -0.4 is 9.64 Å². The monoisotopic (exact) mass is 570 g/mol. The largest absolute Gasteiger partial charge is 0.486 e. The normalized spacial score (nSPS) is 18.2. The first kappa shape index (κ1) is 26.3. The number of halogens is 3. The molecule has 0 amide bonds. The number of H-pyrrole nitrogens is 1. The van der Waals surface area contributed by atoms with E-state index in [4.69, 9.17) is 32.7 Å². The standard InChI is InChI=1S/C28H29Cl2FN6O2/c1-17(25-21(29)12-32-13-22(25)30)39-19-3-4-24-20(10-19)26(35-34-24)18-9-23(31)27(33-11-18)37-15-28(2,16-37)14-36-5-7-38-8-6-36/h3-4,9-13,17H,5-8,14-16H2,1-2H3,(H,34,35)/t17-/m1/s1. The van der Waals surface area contributed by atoms with Gasteiger partial charge in [-0.1, -0.05) is 30.1 Å². The van der Waals surface area contributed by atoms with Crippen molar-refractivity contribution in [3.63, 3.8) is 0 Å². The van der Waals surface area contributed by atoms with Crippen molar-refractivity contribution in [2.24, 2.45) is 5.41 Å². The summed E-state index contributed by atoms with van der Waals surface area (Å²) < 4.78 is 26.9. The van der Waals surface area contributed by atoms with E-state index in [1.54, 1.807) is 6.20 Å². The van der Waals surface area contributed by atoms with Crippen LogP contribution in [0.3, 0.4) is 0 Å². The molecule has 1 atom stereocenters. The van der Waals surface area contributed by atoms with Crippen LogP contribution in [-0.2, 0) is 4.74 Å². The number of aromatic nitrogens is 4. The number of nitrogens with zero attached hydrogens (tertiary/aromatic N) is 5. The summed E-state index contributed by atoms with van der Waals surface area (Å²) in [7, 11) is 0. The summed E-state index contributed by atoms with van der Waals surface area (Å²) in [5.41, 5.74) is 2.76. The van der Waals surface area contributed by atoms with Crippen molar-refractivity contribution < 1.29 is 13.9 Å². The second-order valence-corrected chi connectivity index (χ2v) is 11.5. The molecule has 1 N–H and O–H groups in total. The lowest BCUT2D eigenvalue weighted by Gasteiger charge is -2.51. The van der Waals surface area contributed by atoms with Crippen molar-refractivity contribution in [3.05, 3.63) is 64.3 Å². The number of fused-ring (bicyclic) bond motifs is 1. The van der Waals surface area contributed by atoms with Crippen LogP contribution in [0, 0.1) is 11.2 Å².